The highest BCUT2D eigenvalue weighted by Crippen LogP contribution is 2.35. The van der Waals surface area contributed by atoms with Gasteiger partial charge in [-0.25, -0.2) is 0 Å². The first-order valence-corrected chi connectivity index (χ1v) is 5.93. The van der Waals surface area contributed by atoms with Crippen molar-refractivity contribution in [2.75, 3.05) is 0 Å². The molecule has 0 fully saturated rings. The number of fused-ring (bicyclic) bond motifs is 3. The number of allylic oxidation sites excluding steroid dienone is 3. The molecule has 0 bridgehead atoms. The predicted molar refractivity (Wildman–Crippen MR) is 74.6 cm³/mol. The summed E-state index contributed by atoms with van der Waals surface area (Å²) >= 11 is 0. The van der Waals surface area contributed by atoms with Gasteiger partial charge in [0.2, 0.25) is 0 Å². The third-order valence-electron chi connectivity index (χ3n) is 3.24. The lowest BCUT2D eigenvalue weighted by Gasteiger charge is -2.09. The molecule has 1 aliphatic rings. The van der Waals surface area contributed by atoms with Gasteiger partial charge in [0, 0.05) is 0 Å². The van der Waals surface area contributed by atoms with E-state index in [0.29, 0.717) is 0 Å². The molecule has 17 heavy (non-hydrogen) atoms. The first kappa shape index (κ1) is 10.1. The van der Waals surface area contributed by atoms with Crippen LogP contribution in [0, 0.1) is 0 Å². The van der Waals surface area contributed by atoms with Crippen LogP contribution in [0.1, 0.15) is 18.1 Å². The summed E-state index contributed by atoms with van der Waals surface area (Å²) in [6.45, 7) is 2.09. The standard InChI is InChI=1S/C17H14/c1-2-13-11-12-14-7-3-4-9-16(14)17-10-6-5-8-15(13)17/h2-12H,1H3/b13-2-. The van der Waals surface area contributed by atoms with Crippen molar-refractivity contribution < 1.29 is 0 Å². The molecule has 0 radical (unpaired) electrons. The van der Waals surface area contributed by atoms with Crippen LogP contribution in [0.2, 0.25) is 0 Å². The molecule has 0 heterocycles. The first-order valence-electron chi connectivity index (χ1n) is 5.93. The van der Waals surface area contributed by atoms with Crippen LogP contribution in [0.5, 0.6) is 0 Å². The number of hydrogen-bond donors (Lipinski definition) is 0. The van der Waals surface area contributed by atoms with Gasteiger partial charge in [-0.15, -0.1) is 0 Å². The Morgan fingerprint density at radius 2 is 1.35 bits per heavy atom. The van der Waals surface area contributed by atoms with E-state index in [2.05, 4.69) is 73.7 Å². The number of benzene rings is 2. The molecule has 0 saturated heterocycles. The van der Waals surface area contributed by atoms with E-state index in [9.17, 15) is 0 Å². The zero-order chi connectivity index (χ0) is 11.7. The van der Waals surface area contributed by atoms with Crippen molar-refractivity contribution in [3.8, 4) is 11.1 Å². The van der Waals surface area contributed by atoms with Crippen LogP contribution in [0.3, 0.4) is 0 Å². The molecule has 0 saturated carbocycles. The Morgan fingerprint density at radius 1 is 0.706 bits per heavy atom. The third kappa shape index (κ3) is 1.62. The molecule has 0 atom stereocenters. The smallest absolute Gasteiger partial charge is 0.00995 e. The highest BCUT2D eigenvalue weighted by atomic mass is 14.2. The highest BCUT2D eigenvalue weighted by molar-refractivity contribution is 5.93. The summed E-state index contributed by atoms with van der Waals surface area (Å²) in [5.41, 5.74) is 6.53. The van der Waals surface area contributed by atoms with Gasteiger partial charge in [0.15, 0.2) is 0 Å². The molecule has 3 rings (SSSR count). The normalized spacial score (nSPS) is 15.2. The minimum atomic E-state index is 1.29. The van der Waals surface area contributed by atoms with E-state index in [1.165, 1.54) is 27.8 Å². The van der Waals surface area contributed by atoms with Gasteiger partial charge in [-0.3, -0.25) is 0 Å². The van der Waals surface area contributed by atoms with Crippen molar-refractivity contribution in [2.45, 2.75) is 6.92 Å². The second-order valence-corrected chi connectivity index (χ2v) is 4.21. The van der Waals surface area contributed by atoms with Gasteiger partial charge in [0.25, 0.3) is 0 Å². The monoisotopic (exact) mass is 218 g/mol. The molecule has 0 aliphatic heterocycles. The quantitative estimate of drug-likeness (QED) is 0.596. The molecule has 2 aromatic carbocycles. The van der Waals surface area contributed by atoms with Crippen LogP contribution >= 0.6 is 0 Å². The lowest BCUT2D eigenvalue weighted by Crippen LogP contribution is -1.86. The van der Waals surface area contributed by atoms with Crippen molar-refractivity contribution in [3.05, 3.63) is 71.8 Å². The van der Waals surface area contributed by atoms with Crippen LogP contribution in [-0.4, -0.2) is 0 Å². The maximum Gasteiger partial charge on any atom is -0.00995 e. The molecule has 1 aliphatic carbocycles. The summed E-state index contributed by atoms with van der Waals surface area (Å²) in [7, 11) is 0. The Labute approximate surface area is 102 Å². The summed E-state index contributed by atoms with van der Waals surface area (Å²) in [5.74, 6) is 0. The zero-order valence-corrected chi connectivity index (χ0v) is 9.85. The lowest BCUT2D eigenvalue weighted by atomic mass is 9.95. The topological polar surface area (TPSA) is 0 Å². The van der Waals surface area contributed by atoms with Crippen molar-refractivity contribution >= 4 is 11.6 Å². The molecule has 0 aromatic heterocycles. The molecule has 0 N–H and O–H groups in total. The van der Waals surface area contributed by atoms with Crippen LogP contribution in [0.4, 0.5) is 0 Å². The number of rotatable bonds is 0. The van der Waals surface area contributed by atoms with Crippen molar-refractivity contribution in [1.82, 2.24) is 0 Å². The fourth-order valence-electron chi connectivity index (χ4n) is 2.38. The second kappa shape index (κ2) is 4.06. The number of hydrogen-bond acceptors (Lipinski definition) is 0. The van der Waals surface area contributed by atoms with E-state index in [4.69, 9.17) is 0 Å². The summed E-state index contributed by atoms with van der Waals surface area (Å²) < 4.78 is 0. The molecule has 0 nitrogen and oxygen atoms in total. The molecule has 0 spiro atoms. The van der Waals surface area contributed by atoms with E-state index in [-0.39, 0.29) is 0 Å². The third-order valence-corrected chi connectivity index (χ3v) is 3.24. The van der Waals surface area contributed by atoms with Crippen molar-refractivity contribution in [3.63, 3.8) is 0 Å². The molecule has 82 valence electrons. The SMILES string of the molecule is C/C=C1/C=Cc2ccccc2-c2ccccc21. The minimum absolute atomic E-state index is 1.29. The van der Waals surface area contributed by atoms with Crippen LogP contribution in [0.25, 0.3) is 22.8 Å². The van der Waals surface area contributed by atoms with Crippen molar-refractivity contribution in [2.24, 2.45) is 0 Å². The maximum atomic E-state index is 2.20. The first-order chi connectivity index (χ1) is 8.40. The van der Waals surface area contributed by atoms with Crippen molar-refractivity contribution in [1.29, 1.82) is 0 Å². The van der Waals surface area contributed by atoms with E-state index >= 15 is 0 Å². The highest BCUT2D eigenvalue weighted by Gasteiger charge is 2.12. The van der Waals surface area contributed by atoms with Gasteiger partial charge in [0.1, 0.15) is 0 Å². The largest absolute Gasteiger partial charge is 0.0798 e. The zero-order valence-electron chi connectivity index (χ0n) is 9.85. The Morgan fingerprint density at radius 3 is 2.12 bits per heavy atom. The van der Waals surface area contributed by atoms with Gasteiger partial charge in [-0.2, -0.15) is 0 Å². The van der Waals surface area contributed by atoms with Gasteiger partial charge in [0.05, 0.1) is 0 Å². The molecular formula is C17H14. The van der Waals surface area contributed by atoms with Crippen LogP contribution in [0.15, 0.2) is 60.7 Å². The van der Waals surface area contributed by atoms with Gasteiger partial charge in [-0.05, 0) is 34.8 Å². The van der Waals surface area contributed by atoms with E-state index < -0.39 is 0 Å². The molecule has 2 aromatic rings. The van der Waals surface area contributed by atoms with E-state index in [0.717, 1.165) is 0 Å². The van der Waals surface area contributed by atoms with Gasteiger partial charge in [-0.1, -0.05) is 66.8 Å². The lowest BCUT2D eigenvalue weighted by molar-refractivity contribution is 1.56. The molecule has 0 amide bonds. The average Bonchev–Trinajstić information content (AvgIpc) is 2.56. The van der Waals surface area contributed by atoms with Crippen LogP contribution in [-0.2, 0) is 0 Å². The predicted octanol–water partition coefficient (Wildman–Crippen LogP) is 4.78. The Bertz CT molecular complexity index is 615. The summed E-state index contributed by atoms with van der Waals surface area (Å²) in [4.78, 5) is 0. The average molecular weight is 218 g/mol. The fourth-order valence-corrected chi connectivity index (χ4v) is 2.38. The summed E-state index contributed by atoms with van der Waals surface area (Å²) in [6, 6.07) is 17.1. The summed E-state index contributed by atoms with van der Waals surface area (Å²) in [5, 5.41) is 0. The van der Waals surface area contributed by atoms with E-state index in [1.54, 1.807) is 0 Å². The minimum Gasteiger partial charge on any atom is -0.0798 e. The summed E-state index contributed by atoms with van der Waals surface area (Å²) in [6.07, 6.45) is 6.57. The van der Waals surface area contributed by atoms with Gasteiger partial charge < -0.3 is 0 Å². The fraction of sp³-hybridized carbons (Fsp3) is 0.0588. The maximum absolute atomic E-state index is 2.20. The van der Waals surface area contributed by atoms with Crippen LogP contribution < -0.4 is 0 Å². The Kier molecular flexibility index (Phi) is 2.41. The van der Waals surface area contributed by atoms with E-state index in [1.807, 2.05) is 0 Å². The molecule has 0 unspecified atom stereocenters. The Hall–Kier alpha value is -2.08. The molecular weight excluding hydrogens is 204 g/mol. The molecule has 0 heteroatoms. The second-order valence-electron chi connectivity index (χ2n) is 4.21. The Balaban J connectivity index is 2.38. The van der Waals surface area contributed by atoms with Gasteiger partial charge >= 0.3 is 0 Å².